The van der Waals surface area contributed by atoms with Gasteiger partial charge in [-0.25, -0.2) is 0 Å². The Kier molecular flexibility index (Phi) is 6.91. The third-order valence-electron chi connectivity index (χ3n) is 3.38. The molecule has 0 spiro atoms. The van der Waals surface area contributed by atoms with Gasteiger partial charge < -0.3 is 0 Å². The number of Topliss-reactive ketones (excluding diaryl/α,β-unsaturated/α-hetero) is 1. The third kappa shape index (κ3) is 4.63. The topological polar surface area (TPSA) is 46.2 Å². The number of carbonyl (C=O) groups is 2. The van der Waals surface area contributed by atoms with Crippen LogP contribution in [0.5, 0.6) is 0 Å². The molecule has 1 atom stereocenters. The maximum absolute atomic E-state index is 11.1. The molecule has 0 saturated carbocycles. The number of amides is 1. The highest BCUT2D eigenvalue weighted by Gasteiger charge is 2.19. The van der Waals surface area contributed by atoms with Gasteiger partial charge in [0.2, 0.25) is 0 Å². The van der Waals surface area contributed by atoms with E-state index < -0.39 is 0 Å². The molecule has 3 nitrogen and oxygen atoms in total. The van der Waals surface area contributed by atoms with Gasteiger partial charge in [-0.05, 0) is 31.0 Å². The van der Waals surface area contributed by atoms with Crippen molar-refractivity contribution in [3.8, 4) is 0 Å². The zero-order valence-corrected chi connectivity index (χ0v) is 13.6. The molecule has 0 saturated heterocycles. The third-order valence-corrected chi connectivity index (χ3v) is 4.70. The van der Waals surface area contributed by atoms with Crippen LogP contribution in [0.3, 0.4) is 0 Å². The first-order valence-electron chi connectivity index (χ1n) is 7.06. The molecular formula is C19H23NO2S. The molecule has 0 radical (unpaired) electrons. The zero-order valence-electron chi connectivity index (χ0n) is 12.8. The maximum atomic E-state index is 11.1. The van der Waals surface area contributed by atoms with Crippen LogP contribution in [0.1, 0.15) is 47.6 Å². The lowest BCUT2D eigenvalue weighted by molar-refractivity contribution is 0.0984. The molecule has 0 fully saturated rings. The van der Waals surface area contributed by atoms with Crippen molar-refractivity contribution < 1.29 is 9.59 Å². The van der Waals surface area contributed by atoms with Crippen molar-refractivity contribution >= 4 is 28.2 Å². The van der Waals surface area contributed by atoms with Gasteiger partial charge in [-0.15, -0.1) is 0 Å². The van der Waals surface area contributed by atoms with E-state index in [4.69, 9.17) is 0 Å². The number of carbonyl (C=O) groups excluding carboxylic acids is 2. The van der Waals surface area contributed by atoms with E-state index >= 15 is 0 Å². The van der Waals surface area contributed by atoms with Crippen molar-refractivity contribution in [1.29, 1.82) is 0 Å². The summed E-state index contributed by atoms with van der Waals surface area (Å²) in [5, 5.41) is 0. The summed E-state index contributed by atoms with van der Waals surface area (Å²) in [6.45, 7) is 3.68. The van der Waals surface area contributed by atoms with Gasteiger partial charge in [-0.1, -0.05) is 67.3 Å². The first-order valence-corrected chi connectivity index (χ1v) is 8.46. The van der Waals surface area contributed by atoms with Crippen molar-refractivity contribution in [2.24, 2.45) is 0 Å². The lowest BCUT2D eigenvalue weighted by atomic mass is 10.1. The molecular weight excluding hydrogens is 306 g/mol. The minimum atomic E-state index is -0.327. The van der Waals surface area contributed by atoms with Crippen LogP contribution in [-0.2, 0) is 6.42 Å². The fourth-order valence-corrected chi connectivity index (χ4v) is 3.18. The molecule has 1 N–H and O–H groups in total. The fourth-order valence-electron chi connectivity index (χ4n) is 2.07. The standard InChI is InChI=1S/C10H12O.C8H7NOS.CH4/c1-3-9-4-6-10(7-5-9)8(2)11;1-11-7-5-3-2-4-6(7)8(10)9-11;/h4-7H,3H2,1-2H3;2-5H,1H2,(H,9,10);1H4. The van der Waals surface area contributed by atoms with Gasteiger partial charge in [0.1, 0.15) is 0 Å². The molecule has 23 heavy (non-hydrogen) atoms. The predicted octanol–water partition coefficient (Wildman–Crippen LogP) is 4.49. The van der Waals surface area contributed by atoms with Crippen molar-refractivity contribution in [2.75, 3.05) is 0 Å². The van der Waals surface area contributed by atoms with Crippen LogP contribution in [-0.4, -0.2) is 17.6 Å². The summed E-state index contributed by atoms with van der Waals surface area (Å²) in [4.78, 5) is 23.0. The highest BCUT2D eigenvalue weighted by atomic mass is 32.2. The van der Waals surface area contributed by atoms with Gasteiger partial charge in [-0.2, -0.15) is 0 Å². The number of nitrogens with one attached hydrogen (secondary N) is 1. The van der Waals surface area contributed by atoms with Crippen molar-refractivity contribution in [2.45, 2.75) is 32.6 Å². The van der Waals surface area contributed by atoms with E-state index in [1.54, 1.807) is 6.92 Å². The van der Waals surface area contributed by atoms with Gasteiger partial charge in [0.05, 0.1) is 5.56 Å². The van der Waals surface area contributed by atoms with E-state index in [2.05, 4.69) is 17.5 Å². The summed E-state index contributed by atoms with van der Waals surface area (Å²) in [5.74, 6) is 3.96. The molecule has 0 aromatic heterocycles. The van der Waals surface area contributed by atoms with Crippen LogP contribution in [0.15, 0.2) is 53.4 Å². The summed E-state index contributed by atoms with van der Waals surface area (Å²) in [5.41, 5.74) is 2.84. The first kappa shape index (κ1) is 18.8. The Morgan fingerprint density at radius 2 is 1.74 bits per heavy atom. The lowest BCUT2D eigenvalue weighted by Crippen LogP contribution is -2.08. The van der Waals surface area contributed by atoms with E-state index in [0.29, 0.717) is 0 Å². The van der Waals surface area contributed by atoms with Gasteiger partial charge in [0.15, 0.2) is 5.78 Å². The molecule has 0 bridgehead atoms. The Labute approximate surface area is 140 Å². The van der Waals surface area contributed by atoms with E-state index in [1.165, 1.54) is 5.56 Å². The largest absolute Gasteiger partial charge is 0.298 e. The van der Waals surface area contributed by atoms with Gasteiger partial charge in [0.25, 0.3) is 5.91 Å². The quantitative estimate of drug-likeness (QED) is 0.651. The summed E-state index contributed by atoms with van der Waals surface area (Å²) in [7, 11) is -0.327. The highest BCUT2D eigenvalue weighted by Crippen LogP contribution is 2.30. The minimum absolute atomic E-state index is 0. The Morgan fingerprint density at radius 3 is 2.26 bits per heavy atom. The summed E-state index contributed by atoms with van der Waals surface area (Å²) < 4.78 is 2.76. The molecule has 2 aromatic carbocycles. The second-order valence-electron chi connectivity index (χ2n) is 4.92. The molecule has 1 amide bonds. The van der Waals surface area contributed by atoms with E-state index in [9.17, 15) is 9.59 Å². The summed E-state index contributed by atoms with van der Waals surface area (Å²) in [6.07, 6.45) is 1.03. The number of fused-ring (bicyclic) bond motifs is 1. The average Bonchev–Trinajstić information content (AvgIpc) is 2.83. The van der Waals surface area contributed by atoms with Crippen LogP contribution in [0.4, 0.5) is 0 Å². The van der Waals surface area contributed by atoms with Gasteiger partial charge >= 0.3 is 0 Å². The summed E-state index contributed by atoms with van der Waals surface area (Å²) >= 11 is 0. The second-order valence-corrected chi connectivity index (χ2v) is 6.35. The molecule has 3 rings (SSSR count). The summed E-state index contributed by atoms with van der Waals surface area (Å²) in [6, 6.07) is 15.3. The van der Waals surface area contributed by atoms with Crippen LogP contribution in [0.25, 0.3) is 0 Å². The number of rotatable bonds is 2. The minimum Gasteiger partial charge on any atom is -0.298 e. The predicted molar refractivity (Wildman–Crippen MR) is 99.4 cm³/mol. The van der Waals surface area contributed by atoms with E-state index in [1.807, 2.05) is 48.5 Å². The Balaban J connectivity index is 0.000000220. The second kappa shape index (κ2) is 8.44. The van der Waals surface area contributed by atoms with E-state index in [-0.39, 0.29) is 29.8 Å². The highest BCUT2D eigenvalue weighted by molar-refractivity contribution is 8.13. The Bertz CT molecular complexity index is 687. The van der Waals surface area contributed by atoms with Crippen molar-refractivity contribution in [3.63, 3.8) is 0 Å². The van der Waals surface area contributed by atoms with Crippen molar-refractivity contribution in [3.05, 3.63) is 65.2 Å². The SMILES string of the molecule is C.C=S1NC(=O)c2ccccc21.CCc1ccc(C(C)=O)cc1. The molecule has 2 aromatic rings. The van der Waals surface area contributed by atoms with Crippen LogP contribution >= 0.6 is 10.7 Å². The fraction of sp³-hybridized carbons (Fsp3) is 0.211. The number of hydrogen-bond donors (Lipinski definition) is 1. The number of ketones is 1. The number of aryl methyl sites for hydroxylation is 1. The Hall–Kier alpha value is -2.20. The monoisotopic (exact) mass is 329 g/mol. The number of hydrogen-bond acceptors (Lipinski definition) is 2. The zero-order chi connectivity index (χ0) is 16.1. The molecule has 1 aliphatic heterocycles. The van der Waals surface area contributed by atoms with Crippen LogP contribution in [0.2, 0.25) is 0 Å². The van der Waals surface area contributed by atoms with Gasteiger partial charge in [-0.3, -0.25) is 14.3 Å². The van der Waals surface area contributed by atoms with E-state index in [0.717, 1.165) is 22.4 Å². The maximum Gasteiger partial charge on any atom is 0.262 e. The normalized spacial score (nSPS) is 14.7. The average molecular weight is 329 g/mol. The molecule has 1 unspecified atom stereocenters. The molecule has 122 valence electrons. The smallest absolute Gasteiger partial charge is 0.262 e. The molecule has 0 aliphatic carbocycles. The number of benzene rings is 2. The Morgan fingerprint density at radius 1 is 1.13 bits per heavy atom. The molecule has 4 heteroatoms. The lowest BCUT2D eigenvalue weighted by Gasteiger charge is -1.97. The van der Waals surface area contributed by atoms with Gasteiger partial charge in [0, 0.05) is 10.5 Å². The first-order chi connectivity index (χ1) is 10.5. The van der Waals surface area contributed by atoms with Crippen LogP contribution in [0, 0.1) is 0 Å². The molecule has 1 heterocycles. The van der Waals surface area contributed by atoms with Crippen LogP contribution < -0.4 is 4.72 Å². The van der Waals surface area contributed by atoms with Crippen molar-refractivity contribution in [1.82, 2.24) is 4.72 Å². The molecule has 1 aliphatic rings.